The Balaban J connectivity index is 1.34. The molecule has 10 atom stereocenters. The van der Waals surface area contributed by atoms with Gasteiger partial charge in [-0.2, -0.15) is 0 Å². The summed E-state index contributed by atoms with van der Waals surface area (Å²) in [7, 11) is 1.53. The van der Waals surface area contributed by atoms with E-state index in [4.69, 9.17) is 47.0 Å². The van der Waals surface area contributed by atoms with E-state index < -0.39 is 85.6 Å². The van der Waals surface area contributed by atoms with Crippen molar-refractivity contribution < 1.29 is 77.1 Å². The third kappa shape index (κ3) is 10.7. The minimum absolute atomic E-state index is 0.104. The van der Waals surface area contributed by atoms with Crippen molar-refractivity contribution in [2.75, 3.05) is 20.3 Å². The number of aliphatic hydroxyl groups is 4. The van der Waals surface area contributed by atoms with E-state index in [1.54, 1.807) is 64.1 Å². The average Bonchev–Trinajstić information content (AvgIpc) is 3.62. The van der Waals surface area contributed by atoms with Crippen LogP contribution >= 0.6 is 0 Å². The minimum atomic E-state index is -1.59. The molecule has 1 aromatic heterocycles. The molecule has 0 saturated carbocycles. The molecule has 2 unspecified atom stereocenters. The van der Waals surface area contributed by atoms with Gasteiger partial charge in [0.25, 0.3) is 0 Å². The Morgan fingerprint density at radius 2 is 1.30 bits per heavy atom. The summed E-state index contributed by atoms with van der Waals surface area (Å²) < 4.78 is 55.3. The molecule has 0 radical (unpaired) electrons. The number of furan rings is 1. The molecule has 2 aromatic rings. The summed E-state index contributed by atoms with van der Waals surface area (Å²) in [6.07, 6.45) is -13.8. The number of methoxy groups -OCH3 is 1. The summed E-state index contributed by atoms with van der Waals surface area (Å²) in [5.41, 5.74) is 0.674. The van der Waals surface area contributed by atoms with Crippen molar-refractivity contribution in [3.05, 3.63) is 54.0 Å². The first-order chi connectivity index (χ1) is 23.9. The Labute approximate surface area is 290 Å². The number of carbonyl (C=O) groups is 2. The molecule has 2 aliphatic rings. The zero-order chi connectivity index (χ0) is 36.4. The van der Waals surface area contributed by atoms with Crippen LogP contribution in [-0.4, -0.2) is 126 Å². The van der Waals surface area contributed by atoms with Crippen LogP contribution < -0.4 is 4.74 Å². The second-order valence-electron chi connectivity index (χ2n) is 12.3. The van der Waals surface area contributed by atoms with E-state index in [0.29, 0.717) is 17.1 Å². The second-order valence-corrected chi connectivity index (χ2v) is 12.3. The maximum absolute atomic E-state index is 13.2. The molecule has 280 valence electrons. The lowest BCUT2D eigenvalue weighted by Crippen LogP contribution is -2.62. The lowest BCUT2D eigenvalue weighted by molar-refractivity contribution is -0.311. The minimum Gasteiger partial charge on any atom is -0.497 e. The van der Waals surface area contributed by atoms with Gasteiger partial charge in [0.15, 0.2) is 24.8 Å². The third-order valence-electron chi connectivity index (χ3n) is 7.75. The highest BCUT2D eigenvalue weighted by Crippen LogP contribution is 2.29. The number of hydrogen-bond donors (Lipinski definition) is 4. The first-order valence-electron chi connectivity index (χ1n) is 16.5. The molecule has 4 N–H and O–H groups in total. The normalized spacial score (nSPS) is 30.0. The summed E-state index contributed by atoms with van der Waals surface area (Å²) in [4.78, 5) is 26.2. The third-order valence-corrected chi connectivity index (χ3v) is 7.75. The summed E-state index contributed by atoms with van der Waals surface area (Å²) in [6, 6.07) is 10.1. The second kappa shape index (κ2) is 18.9. The quantitative estimate of drug-likeness (QED) is 0.133. The van der Waals surface area contributed by atoms with Crippen LogP contribution in [0.25, 0.3) is 0 Å². The highest BCUT2D eigenvalue weighted by Gasteiger charge is 2.51. The molecule has 4 rings (SSSR count). The van der Waals surface area contributed by atoms with Crippen LogP contribution in [0.4, 0.5) is 0 Å². The van der Waals surface area contributed by atoms with Crippen LogP contribution in [0.2, 0.25) is 0 Å². The average molecular weight is 713 g/mol. The predicted molar refractivity (Wildman–Crippen MR) is 169 cm³/mol. The van der Waals surface area contributed by atoms with Crippen LogP contribution in [0.3, 0.4) is 0 Å². The van der Waals surface area contributed by atoms with Crippen molar-refractivity contribution >= 4 is 11.9 Å². The van der Waals surface area contributed by atoms with Crippen molar-refractivity contribution in [3.8, 4) is 5.75 Å². The number of carbonyl (C=O) groups excluding carboxylic acids is 2. The molecule has 2 fully saturated rings. The van der Waals surface area contributed by atoms with Crippen LogP contribution in [0, 0.1) is 0 Å². The monoisotopic (exact) mass is 712 g/mol. The van der Waals surface area contributed by atoms with Gasteiger partial charge >= 0.3 is 11.9 Å². The van der Waals surface area contributed by atoms with Gasteiger partial charge in [0, 0.05) is 6.61 Å². The maximum Gasteiger partial charge on any atom is 0.338 e. The van der Waals surface area contributed by atoms with E-state index in [2.05, 4.69) is 0 Å². The van der Waals surface area contributed by atoms with Gasteiger partial charge in [-0.15, -0.1) is 0 Å². The van der Waals surface area contributed by atoms with E-state index >= 15 is 0 Å². The van der Waals surface area contributed by atoms with Crippen molar-refractivity contribution in [1.82, 2.24) is 0 Å². The smallest absolute Gasteiger partial charge is 0.338 e. The van der Waals surface area contributed by atoms with Gasteiger partial charge in [0.1, 0.15) is 61.3 Å². The highest BCUT2D eigenvalue weighted by atomic mass is 16.7. The molecule has 1 aromatic carbocycles. The zero-order valence-corrected chi connectivity index (χ0v) is 28.7. The lowest BCUT2D eigenvalue weighted by Gasteiger charge is -2.42. The van der Waals surface area contributed by atoms with E-state index in [1.807, 2.05) is 0 Å². The van der Waals surface area contributed by atoms with Crippen molar-refractivity contribution in [2.45, 2.75) is 121 Å². The SMILES string of the molecule is COc1ccc(COC(=O)C2O[C@@H](OC(C)C)[C@@H](O)[C@@H](O)[C@@H]2OCCCO[C@@H]2OC(C(=O)OCc3ccco3)[C@@H](OC(C)C)[C@H](O)[C@@H]2O)cc1. The fourth-order valence-electron chi connectivity index (χ4n) is 5.28. The molecule has 0 aliphatic carbocycles. The Kier molecular flexibility index (Phi) is 15.0. The number of hydrogen-bond acceptors (Lipinski definition) is 16. The fourth-order valence-corrected chi connectivity index (χ4v) is 5.28. The van der Waals surface area contributed by atoms with Gasteiger partial charge in [-0.3, -0.25) is 0 Å². The van der Waals surface area contributed by atoms with Crippen LogP contribution in [0.15, 0.2) is 47.1 Å². The van der Waals surface area contributed by atoms with Gasteiger partial charge in [0.2, 0.25) is 0 Å². The number of aliphatic hydroxyl groups excluding tert-OH is 4. The van der Waals surface area contributed by atoms with Crippen LogP contribution in [-0.2, 0) is 60.7 Å². The number of esters is 2. The maximum atomic E-state index is 13.2. The largest absolute Gasteiger partial charge is 0.497 e. The molecule has 16 heteroatoms. The molecule has 2 aliphatic heterocycles. The van der Waals surface area contributed by atoms with Gasteiger partial charge in [0.05, 0.1) is 32.2 Å². The topological polar surface area (TPSA) is 211 Å². The van der Waals surface area contributed by atoms with E-state index in [1.165, 1.54) is 13.4 Å². The molecule has 3 heterocycles. The van der Waals surface area contributed by atoms with Gasteiger partial charge < -0.3 is 67.5 Å². The Hall–Kier alpha value is -3.16. The first-order valence-corrected chi connectivity index (χ1v) is 16.5. The summed E-state index contributed by atoms with van der Waals surface area (Å²) in [5.74, 6) is -0.682. The van der Waals surface area contributed by atoms with Crippen LogP contribution in [0.5, 0.6) is 5.75 Å². The van der Waals surface area contributed by atoms with E-state index in [0.717, 1.165) is 0 Å². The highest BCUT2D eigenvalue weighted by molar-refractivity contribution is 5.76. The van der Waals surface area contributed by atoms with Crippen molar-refractivity contribution in [3.63, 3.8) is 0 Å². The standard InChI is InChI=1S/C34H48O16/c1-18(2)47-28-24(36)25(37)33(49-30(28)32(40)46-17-22-8-6-13-42-22)44-15-7-14-43-27-23(35)26(38)34(48-19(3)4)50-29(27)31(39)45-16-20-9-11-21(41-5)12-10-20/h6,8-13,18-19,23-30,33-38H,7,14-17H2,1-5H3/t23-,24-,25+,26+,27+,28+,29?,30?,33-,34-/m1/s1. The number of benzene rings is 1. The summed E-state index contributed by atoms with van der Waals surface area (Å²) in [5, 5.41) is 43.2. The number of ether oxygens (including phenoxy) is 9. The number of rotatable bonds is 17. The zero-order valence-electron chi connectivity index (χ0n) is 28.7. The molecule has 0 amide bonds. The Morgan fingerprint density at radius 1 is 0.720 bits per heavy atom. The molecular weight excluding hydrogens is 664 g/mol. The Morgan fingerprint density at radius 3 is 1.92 bits per heavy atom. The Bertz CT molecular complexity index is 1300. The first kappa shape index (κ1) is 39.6. The summed E-state index contributed by atoms with van der Waals surface area (Å²) >= 11 is 0. The van der Waals surface area contributed by atoms with Gasteiger partial charge in [-0.05, 0) is 63.9 Å². The van der Waals surface area contributed by atoms with Crippen molar-refractivity contribution in [1.29, 1.82) is 0 Å². The van der Waals surface area contributed by atoms with Gasteiger partial charge in [-0.25, -0.2) is 9.59 Å². The molecule has 2 saturated heterocycles. The molecule has 0 bridgehead atoms. The fraction of sp³-hybridized carbons (Fsp3) is 0.647. The van der Waals surface area contributed by atoms with Crippen LogP contribution in [0.1, 0.15) is 45.4 Å². The predicted octanol–water partition coefficient (Wildman–Crippen LogP) is 0.979. The molecule has 16 nitrogen and oxygen atoms in total. The van der Waals surface area contributed by atoms with Crippen molar-refractivity contribution in [2.24, 2.45) is 0 Å². The van der Waals surface area contributed by atoms with Gasteiger partial charge in [-0.1, -0.05) is 12.1 Å². The summed E-state index contributed by atoms with van der Waals surface area (Å²) in [6.45, 7) is 6.28. The lowest BCUT2D eigenvalue weighted by atomic mass is 9.98. The molecule has 0 spiro atoms. The molecule has 50 heavy (non-hydrogen) atoms. The van der Waals surface area contributed by atoms with E-state index in [9.17, 15) is 30.0 Å². The van der Waals surface area contributed by atoms with E-state index in [-0.39, 0.29) is 32.8 Å². The molecular formula is C34H48O16.